The van der Waals surface area contributed by atoms with Crippen molar-refractivity contribution < 1.29 is 19.0 Å². The van der Waals surface area contributed by atoms with Gasteiger partial charge in [-0.3, -0.25) is 4.79 Å². The number of unbranched alkanes of at least 4 members (excludes halogenated alkanes) is 3. The van der Waals surface area contributed by atoms with Crippen LogP contribution >= 0.6 is 0 Å². The number of nitrogens with zero attached hydrogens (tertiary/aromatic N) is 1. The minimum atomic E-state index is -0.203. The van der Waals surface area contributed by atoms with E-state index in [1.807, 2.05) is 48.5 Å². The van der Waals surface area contributed by atoms with Gasteiger partial charge in [0.2, 0.25) is 5.91 Å². The van der Waals surface area contributed by atoms with E-state index < -0.39 is 0 Å². The molecule has 0 aliphatic carbocycles. The third-order valence-electron chi connectivity index (χ3n) is 4.03. The van der Waals surface area contributed by atoms with Crippen molar-refractivity contribution in [3.05, 3.63) is 54.1 Å². The first-order valence-corrected chi connectivity index (χ1v) is 10.1. The smallest absolute Gasteiger partial charge is 0.236 e. The summed E-state index contributed by atoms with van der Waals surface area (Å²) in [6.45, 7) is 5.26. The number of nitrogens with one attached hydrogen (secondary N) is 1. The van der Waals surface area contributed by atoms with Crippen molar-refractivity contribution in [1.29, 1.82) is 0 Å². The van der Waals surface area contributed by atoms with Gasteiger partial charge in [-0.2, -0.15) is 5.10 Å². The van der Waals surface area contributed by atoms with Crippen LogP contribution in [-0.2, 0) is 4.79 Å². The van der Waals surface area contributed by atoms with E-state index in [2.05, 4.69) is 17.5 Å². The summed E-state index contributed by atoms with van der Waals surface area (Å²) in [6.07, 6.45) is 6.37. The van der Waals surface area contributed by atoms with Gasteiger partial charge >= 0.3 is 0 Å². The summed E-state index contributed by atoms with van der Waals surface area (Å²) in [5.41, 5.74) is 3.23. The van der Waals surface area contributed by atoms with Gasteiger partial charge in [-0.15, -0.1) is 0 Å². The van der Waals surface area contributed by atoms with Crippen molar-refractivity contribution >= 4 is 12.1 Å². The minimum absolute atomic E-state index is 0.203. The molecule has 0 aliphatic rings. The van der Waals surface area contributed by atoms with E-state index in [-0.39, 0.29) is 5.91 Å². The summed E-state index contributed by atoms with van der Waals surface area (Å²) in [4.78, 5) is 10.8. The van der Waals surface area contributed by atoms with Gasteiger partial charge in [-0.25, -0.2) is 5.43 Å². The van der Waals surface area contributed by atoms with E-state index in [1.165, 1.54) is 26.2 Å². The van der Waals surface area contributed by atoms with Crippen molar-refractivity contribution in [2.24, 2.45) is 5.10 Å². The van der Waals surface area contributed by atoms with Crippen LogP contribution in [0.1, 0.15) is 45.1 Å². The van der Waals surface area contributed by atoms with Crippen LogP contribution in [0.25, 0.3) is 0 Å². The Morgan fingerprint density at radius 3 is 1.86 bits per heavy atom. The largest absolute Gasteiger partial charge is 0.494 e. The molecule has 1 N–H and O–H groups in total. The summed E-state index contributed by atoms with van der Waals surface area (Å²) in [6, 6.07) is 15.1. The predicted molar refractivity (Wildman–Crippen MR) is 115 cm³/mol. The van der Waals surface area contributed by atoms with Gasteiger partial charge in [0.1, 0.15) is 30.5 Å². The fourth-order valence-corrected chi connectivity index (χ4v) is 2.52. The lowest BCUT2D eigenvalue weighted by Crippen LogP contribution is -2.12. The van der Waals surface area contributed by atoms with Crippen molar-refractivity contribution in [1.82, 2.24) is 5.43 Å². The highest BCUT2D eigenvalue weighted by Gasteiger charge is 1.99. The molecule has 6 nitrogen and oxygen atoms in total. The first-order chi connectivity index (χ1) is 14.2. The quantitative estimate of drug-likeness (QED) is 0.305. The van der Waals surface area contributed by atoms with Crippen molar-refractivity contribution in [2.75, 3.05) is 19.8 Å². The Morgan fingerprint density at radius 2 is 1.34 bits per heavy atom. The standard InChI is InChI=1S/C23H30N2O4/c1-3-4-5-6-15-27-22-11-13-23(14-12-22)29-17-16-28-21-9-7-20(8-10-21)18-24-25-19(2)26/h7-14,18H,3-6,15-17H2,1-2H3,(H,25,26)/b24-18+. The second kappa shape index (κ2) is 13.2. The molecule has 0 unspecified atom stereocenters. The lowest BCUT2D eigenvalue weighted by molar-refractivity contribution is -0.118. The Morgan fingerprint density at radius 1 is 0.828 bits per heavy atom. The Balaban J connectivity index is 1.63. The van der Waals surface area contributed by atoms with Crippen LogP contribution in [0.4, 0.5) is 0 Å². The molecule has 0 aliphatic heterocycles. The van der Waals surface area contributed by atoms with E-state index in [1.54, 1.807) is 6.21 Å². The lowest BCUT2D eigenvalue weighted by Gasteiger charge is -2.10. The van der Waals surface area contributed by atoms with Crippen LogP contribution in [0.15, 0.2) is 53.6 Å². The van der Waals surface area contributed by atoms with E-state index in [0.29, 0.717) is 13.2 Å². The maximum atomic E-state index is 10.8. The van der Waals surface area contributed by atoms with Crippen LogP contribution in [0.5, 0.6) is 17.2 Å². The third kappa shape index (κ3) is 9.65. The number of hydrogen-bond acceptors (Lipinski definition) is 5. The lowest BCUT2D eigenvalue weighted by atomic mass is 10.2. The number of ether oxygens (including phenoxy) is 3. The first-order valence-electron chi connectivity index (χ1n) is 10.1. The van der Waals surface area contributed by atoms with E-state index in [0.717, 1.165) is 35.8 Å². The summed E-state index contributed by atoms with van der Waals surface area (Å²) in [5.74, 6) is 2.20. The monoisotopic (exact) mass is 398 g/mol. The number of hydrogen-bond donors (Lipinski definition) is 1. The minimum Gasteiger partial charge on any atom is -0.494 e. The molecule has 6 heteroatoms. The fraction of sp³-hybridized carbons (Fsp3) is 0.391. The third-order valence-corrected chi connectivity index (χ3v) is 4.03. The Labute approximate surface area is 172 Å². The van der Waals surface area contributed by atoms with Gasteiger partial charge in [-0.05, 0) is 60.5 Å². The summed E-state index contributed by atoms with van der Waals surface area (Å²) < 4.78 is 17.1. The molecule has 0 radical (unpaired) electrons. The second-order valence-electron chi connectivity index (χ2n) is 6.57. The molecule has 0 aromatic heterocycles. The molecule has 0 saturated carbocycles. The maximum Gasteiger partial charge on any atom is 0.236 e. The maximum absolute atomic E-state index is 10.8. The van der Waals surface area contributed by atoms with Gasteiger partial charge in [0.05, 0.1) is 12.8 Å². The molecule has 0 atom stereocenters. The van der Waals surface area contributed by atoms with Crippen LogP contribution in [0.3, 0.4) is 0 Å². The van der Waals surface area contributed by atoms with E-state index in [4.69, 9.17) is 14.2 Å². The first kappa shape index (κ1) is 22.3. The van der Waals surface area contributed by atoms with Crippen LogP contribution < -0.4 is 19.6 Å². The number of amides is 1. The van der Waals surface area contributed by atoms with Gasteiger partial charge < -0.3 is 14.2 Å². The highest BCUT2D eigenvalue weighted by atomic mass is 16.5. The van der Waals surface area contributed by atoms with Crippen LogP contribution in [-0.4, -0.2) is 31.9 Å². The predicted octanol–water partition coefficient (Wildman–Crippen LogP) is 4.57. The fourth-order valence-electron chi connectivity index (χ4n) is 2.52. The molecule has 0 heterocycles. The highest BCUT2D eigenvalue weighted by molar-refractivity contribution is 5.81. The summed E-state index contributed by atoms with van der Waals surface area (Å²) in [7, 11) is 0. The summed E-state index contributed by atoms with van der Waals surface area (Å²) in [5, 5.41) is 3.82. The molecule has 0 bridgehead atoms. The van der Waals surface area contributed by atoms with Gasteiger partial charge in [0.25, 0.3) is 0 Å². The Bertz CT molecular complexity index is 742. The molecule has 0 spiro atoms. The zero-order valence-electron chi connectivity index (χ0n) is 17.2. The molecule has 0 fully saturated rings. The average molecular weight is 399 g/mol. The number of hydrazone groups is 1. The number of rotatable bonds is 13. The normalized spacial score (nSPS) is 10.7. The Kier molecular flexibility index (Phi) is 10.1. The molecule has 2 aromatic rings. The second-order valence-corrected chi connectivity index (χ2v) is 6.57. The zero-order chi connectivity index (χ0) is 20.7. The summed E-state index contributed by atoms with van der Waals surface area (Å²) >= 11 is 0. The molecule has 156 valence electrons. The van der Waals surface area contributed by atoms with Crippen LogP contribution in [0.2, 0.25) is 0 Å². The molecule has 29 heavy (non-hydrogen) atoms. The average Bonchev–Trinajstić information content (AvgIpc) is 2.73. The number of benzene rings is 2. The SMILES string of the molecule is CCCCCCOc1ccc(OCCOc2ccc(/C=N/NC(C)=O)cc2)cc1. The van der Waals surface area contributed by atoms with E-state index >= 15 is 0 Å². The molecular weight excluding hydrogens is 368 g/mol. The van der Waals surface area contributed by atoms with Crippen molar-refractivity contribution in [3.8, 4) is 17.2 Å². The van der Waals surface area contributed by atoms with Gasteiger partial charge in [-0.1, -0.05) is 26.2 Å². The van der Waals surface area contributed by atoms with Crippen LogP contribution in [0, 0.1) is 0 Å². The van der Waals surface area contributed by atoms with E-state index in [9.17, 15) is 4.79 Å². The highest BCUT2D eigenvalue weighted by Crippen LogP contribution is 2.18. The van der Waals surface area contributed by atoms with Crippen molar-refractivity contribution in [3.63, 3.8) is 0 Å². The molecule has 1 amide bonds. The molecule has 2 aromatic carbocycles. The van der Waals surface area contributed by atoms with Crippen molar-refractivity contribution in [2.45, 2.75) is 39.5 Å². The number of carbonyl (C=O) groups is 1. The Hall–Kier alpha value is -3.02. The molecular formula is C23H30N2O4. The topological polar surface area (TPSA) is 69.2 Å². The van der Waals surface area contributed by atoms with Gasteiger partial charge in [0.15, 0.2) is 0 Å². The molecule has 2 rings (SSSR count). The zero-order valence-corrected chi connectivity index (χ0v) is 17.2. The molecule has 0 saturated heterocycles. The number of carbonyl (C=O) groups excluding carboxylic acids is 1. The van der Waals surface area contributed by atoms with Gasteiger partial charge in [0, 0.05) is 6.92 Å².